The average molecular weight is 632 g/mol. The van der Waals surface area contributed by atoms with Gasteiger partial charge in [-0.3, -0.25) is 9.98 Å². The molecular formula is C40H64N2Ni. The first-order chi connectivity index (χ1) is 20.6. The Morgan fingerprint density at radius 2 is 0.767 bits per heavy atom. The Morgan fingerprint density at radius 1 is 0.419 bits per heavy atom. The molecule has 0 atom stereocenters. The second-order valence-electron chi connectivity index (χ2n) is 12.4. The van der Waals surface area contributed by atoms with Crippen LogP contribution >= 0.6 is 0 Å². The number of benzene rings is 2. The quantitative estimate of drug-likeness (QED) is 0.0662. The molecule has 0 amide bonds. The summed E-state index contributed by atoms with van der Waals surface area (Å²) >= 11 is 0. The van der Waals surface area contributed by atoms with Crippen LogP contribution in [0.25, 0.3) is 0 Å². The van der Waals surface area contributed by atoms with Crippen molar-refractivity contribution in [2.45, 2.75) is 170 Å². The minimum absolute atomic E-state index is 0. The van der Waals surface area contributed by atoms with Gasteiger partial charge >= 0.3 is 0 Å². The second-order valence-corrected chi connectivity index (χ2v) is 12.4. The third-order valence-electron chi connectivity index (χ3n) is 8.35. The number of hydrogen-bond acceptors (Lipinski definition) is 2. The standard InChI is InChI=1S/C40H64N2.Ni/c1-7-13-15-17-18-20-26-40(42-38-30-28-34(22-10-4)36(32-38)24-12-6)39(25-19-16-14-8-2)41-37-29-27-33(21-9-3)35(31-37)23-11-5;/h27-32H,7-26H2,1-6H3;. The van der Waals surface area contributed by atoms with Crippen LogP contribution in [0.15, 0.2) is 46.4 Å². The molecule has 0 fully saturated rings. The van der Waals surface area contributed by atoms with Crippen molar-refractivity contribution in [3.8, 4) is 0 Å². The van der Waals surface area contributed by atoms with E-state index in [4.69, 9.17) is 9.98 Å². The van der Waals surface area contributed by atoms with Gasteiger partial charge in [-0.25, -0.2) is 0 Å². The molecule has 2 rings (SSSR count). The first-order valence-corrected chi connectivity index (χ1v) is 18.0. The van der Waals surface area contributed by atoms with Gasteiger partial charge in [0.05, 0.1) is 22.8 Å². The molecule has 0 radical (unpaired) electrons. The van der Waals surface area contributed by atoms with E-state index >= 15 is 0 Å². The van der Waals surface area contributed by atoms with Crippen LogP contribution in [0.4, 0.5) is 11.4 Å². The molecule has 0 aromatic heterocycles. The molecular weight excluding hydrogens is 567 g/mol. The zero-order valence-corrected chi connectivity index (χ0v) is 29.8. The molecule has 244 valence electrons. The maximum absolute atomic E-state index is 5.42. The van der Waals surface area contributed by atoms with Gasteiger partial charge in [-0.15, -0.1) is 0 Å². The number of nitrogens with zero attached hydrogens (tertiary/aromatic N) is 2. The van der Waals surface area contributed by atoms with Crippen molar-refractivity contribution >= 4 is 22.8 Å². The van der Waals surface area contributed by atoms with Crippen LogP contribution in [0.5, 0.6) is 0 Å². The van der Waals surface area contributed by atoms with Crippen LogP contribution in [-0.2, 0) is 42.2 Å². The van der Waals surface area contributed by atoms with Crippen LogP contribution in [0, 0.1) is 0 Å². The smallest absolute Gasteiger partial charge is 0.0636 e. The van der Waals surface area contributed by atoms with Crippen LogP contribution < -0.4 is 0 Å². The number of aliphatic imine (C=N–C) groups is 2. The third kappa shape index (κ3) is 15.2. The maximum atomic E-state index is 5.42. The fraction of sp³-hybridized carbons (Fsp3) is 0.650. The normalized spacial score (nSPS) is 12.0. The second kappa shape index (κ2) is 24.6. The topological polar surface area (TPSA) is 24.7 Å². The molecule has 3 heteroatoms. The fourth-order valence-corrected chi connectivity index (χ4v) is 6.03. The van der Waals surface area contributed by atoms with Gasteiger partial charge in [0.1, 0.15) is 0 Å². The van der Waals surface area contributed by atoms with E-state index in [1.54, 1.807) is 0 Å². The summed E-state index contributed by atoms with van der Waals surface area (Å²) in [6.45, 7) is 13.7. The predicted octanol–water partition coefficient (Wildman–Crippen LogP) is 13.1. The van der Waals surface area contributed by atoms with Crippen LogP contribution in [0.2, 0.25) is 0 Å². The van der Waals surface area contributed by atoms with Gasteiger partial charge < -0.3 is 0 Å². The van der Waals surface area contributed by atoms with Gasteiger partial charge in [0.2, 0.25) is 0 Å². The molecule has 0 N–H and O–H groups in total. The van der Waals surface area contributed by atoms with Gasteiger partial charge in [-0.1, -0.05) is 131 Å². The van der Waals surface area contributed by atoms with Crippen LogP contribution in [0.1, 0.15) is 167 Å². The van der Waals surface area contributed by atoms with Crippen molar-refractivity contribution in [2.24, 2.45) is 9.98 Å². The largest absolute Gasteiger partial charge is 0.252 e. The third-order valence-corrected chi connectivity index (χ3v) is 8.35. The number of aryl methyl sites for hydroxylation is 4. The summed E-state index contributed by atoms with van der Waals surface area (Å²) in [6, 6.07) is 14.0. The van der Waals surface area contributed by atoms with Gasteiger partial charge in [0.15, 0.2) is 0 Å². The summed E-state index contributed by atoms with van der Waals surface area (Å²) in [4.78, 5) is 10.8. The van der Waals surface area contributed by atoms with Crippen molar-refractivity contribution in [1.29, 1.82) is 0 Å². The van der Waals surface area contributed by atoms with Crippen molar-refractivity contribution in [3.63, 3.8) is 0 Å². The molecule has 0 aliphatic carbocycles. The van der Waals surface area contributed by atoms with Crippen molar-refractivity contribution in [1.82, 2.24) is 0 Å². The molecule has 0 heterocycles. The molecule has 0 unspecified atom stereocenters. The Labute approximate surface area is 277 Å². The molecule has 0 bridgehead atoms. The number of hydrogen-bond donors (Lipinski definition) is 0. The molecule has 0 saturated heterocycles. The van der Waals surface area contributed by atoms with Crippen molar-refractivity contribution < 1.29 is 16.5 Å². The Bertz CT molecular complexity index is 1070. The summed E-state index contributed by atoms with van der Waals surface area (Å²) in [5.74, 6) is 0. The Balaban J connectivity index is 0.00000924. The summed E-state index contributed by atoms with van der Waals surface area (Å²) in [5, 5.41) is 0. The van der Waals surface area contributed by atoms with E-state index in [-0.39, 0.29) is 16.5 Å². The molecule has 0 aliphatic rings. The van der Waals surface area contributed by atoms with E-state index in [0.717, 1.165) is 49.9 Å². The average Bonchev–Trinajstić information content (AvgIpc) is 2.99. The Kier molecular flexibility index (Phi) is 22.5. The molecule has 0 aliphatic heterocycles. The van der Waals surface area contributed by atoms with Gasteiger partial charge in [-0.05, 0) is 97.9 Å². The monoisotopic (exact) mass is 630 g/mol. The van der Waals surface area contributed by atoms with E-state index in [1.165, 1.54) is 124 Å². The van der Waals surface area contributed by atoms with Crippen LogP contribution in [0.3, 0.4) is 0 Å². The Morgan fingerprint density at radius 3 is 1.16 bits per heavy atom. The van der Waals surface area contributed by atoms with E-state index in [0.29, 0.717) is 0 Å². The van der Waals surface area contributed by atoms with Crippen molar-refractivity contribution in [3.05, 3.63) is 58.7 Å². The molecule has 2 aromatic carbocycles. The molecule has 2 nitrogen and oxygen atoms in total. The van der Waals surface area contributed by atoms with Gasteiger partial charge in [0.25, 0.3) is 0 Å². The van der Waals surface area contributed by atoms with Crippen LogP contribution in [-0.4, -0.2) is 11.4 Å². The zero-order chi connectivity index (χ0) is 30.4. The van der Waals surface area contributed by atoms with Crippen molar-refractivity contribution in [2.75, 3.05) is 0 Å². The number of rotatable bonds is 23. The predicted molar refractivity (Wildman–Crippen MR) is 190 cm³/mol. The van der Waals surface area contributed by atoms with E-state index < -0.39 is 0 Å². The molecule has 0 saturated carbocycles. The molecule has 0 spiro atoms. The van der Waals surface area contributed by atoms with E-state index in [1.807, 2.05) is 0 Å². The maximum Gasteiger partial charge on any atom is 0.0636 e. The summed E-state index contributed by atoms with van der Waals surface area (Å²) in [6.07, 6.45) is 24.2. The summed E-state index contributed by atoms with van der Waals surface area (Å²) in [7, 11) is 0. The first kappa shape index (κ1) is 39.3. The first-order valence-electron chi connectivity index (χ1n) is 18.0. The summed E-state index contributed by atoms with van der Waals surface area (Å²) in [5.41, 5.74) is 10.6. The number of unbranched alkanes of at least 4 members (excludes halogenated alkanes) is 8. The minimum atomic E-state index is 0. The fourth-order valence-electron chi connectivity index (χ4n) is 6.03. The van der Waals surface area contributed by atoms with Gasteiger partial charge in [0, 0.05) is 16.5 Å². The SMILES string of the molecule is CCCCCCCCC(=Nc1ccc(CCC)c(CCC)c1)C(CCCCCC)=Nc1ccc(CCC)c(CCC)c1.[Ni]. The van der Waals surface area contributed by atoms with E-state index in [9.17, 15) is 0 Å². The zero-order valence-electron chi connectivity index (χ0n) is 28.8. The van der Waals surface area contributed by atoms with Gasteiger partial charge in [-0.2, -0.15) is 0 Å². The summed E-state index contributed by atoms with van der Waals surface area (Å²) < 4.78 is 0. The minimum Gasteiger partial charge on any atom is -0.252 e. The molecule has 43 heavy (non-hydrogen) atoms. The van der Waals surface area contributed by atoms with E-state index in [2.05, 4.69) is 77.9 Å². The molecule has 2 aromatic rings. The Hall–Kier alpha value is -1.73.